The topological polar surface area (TPSA) is 26.3 Å². The van der Waals surface area contributed by atoms with Gasteiger partial charge in [0.05, 0.1) is 0 Å². The van der Waals surface area contributed by atoms with Crippen molar-refractivity contribution in [2.75, 3.05) is 0 Å². The second-order valence-electron chi connectivity index (χ2n) is 11.9. The molecule has 0 amide bonds. The van der Waals surface area contributed by atoms with E-state index in [4.69, 9.17) is 8.83 Å². The fourth-order valence-electron chi connectivity index (χ4n) is 5.50. The van der Waals surface area contributed by atoms with Gasteiger partial charge in [-0.2, -0.15) is 0 Å². The summed E-state index contributed by atoms with van der Waals surface area (Å²) in [7, 11) is 0. The fraction of sp³-hybridized carbons (Fsp3) is 0.351. The molecule has 228 valence electrons. The van der Waals surface area contributed by atoms with Crippen molar-refractivity contribution in [3.8, 4) is 0 Å². The first-order valence-corrected chi connectivity index (χ1v) is 14.5. The molecule has 6 heteroatoms. The molecule has 2 nitrogen and oxygen atoms in total. The lowest BCUT2D eigenvalue weighted by molar-refractivity contribution is 0.308. The van der Waals surface area contributed by atoms with Crippen LogP contribution in [0.2, 0.25) is 0 Å². The van der Waals surface area contributed by atoms with Crippen molar-refractivity contribution in [1.82, 2.24) is 0 Å². The van der Waals surface area contributed by atoms with Crippen LogP contribution in [-0.2, 0) is 0 Å². The minimum atomic E-state index is -0.421. The van der Waals surface area contributed by atoms with E-state index in [9.17, 15) is 17.6 Å². The molecule has 1 saturated carbocycles. The molecule has 0 spiro atoms. The van der Waals surface area contributed by atoms with E-state index in [1.165, 1.54) is 25.7 Å². The Kier molecular flexibility index (Phi) is 9.58. The maximum absolute atomic E-state index is 13.9. The van der Waals surface area contributed by atoms with E-state index >= 15 is 0 Å². The van der Waals surface area contributed by atoms with Gasteiger partial charge < -0.3 is 8.83 Å². The maximum Gasteiger partial charge on any atom is 0.171 e. The SMILES string of the molecule is C.CC1CCC(C)CC1.Cc1ccc2c(oc3c(F)c(C)ccc32)c1F.Cc1ccc2c(oc3c(F)c(C)ccc32)c1F. The molecular weight excluding hydrogens is 552 g/mol. The average molecular weight is 593 g/mol. The molecule has 0 N–H and O–H groups in total. The largest absolute Gasteiger partial charge is 0.450 e. The minimum Gasteiger partial charge on any atom is -0.450 e. The zero-order valence-corrected chi connectivity index (χ0v) is 24.9. The molecular formula is C37H40F4O2. The van der Waals surface area contributed by atoms with Gasteiger partial charge in [0.1, 0.15) is 0 Å². The smallest absolute Gasteiger partial charge is 0.171 e. The molecule has 0 aliphatic heterocycles. The van der Waals surface area contributed by atoms with E-state index < -0.39 is 23.3 Å². The highest BCUT2D eigenvalue weighted by Crippen LogP contribution is 2.35. The maximum atomic E-state index is 13.9. The Morgan fingerprint density at radius 2 is 0.651 bits per heavy atom. The molecule has 1 aliphatic carbocycles. The van der Waals surface area contributed by atoms with Crippen LogP contribution in [0.4, 0.5) is 17.6 Å². The Morgan fingerprint density at radius 3 is 0.860 bits per heavy atom. The highest BCUT2D eigenvalue weighted by molar-refractivity contribution is 6.06. The summed E-state index contributed by atoms with van der Waals surface area (Å²) in [4.78, 5) is 0. The highest BCUT2D eigenvalue weighted by Gasteiger charge is 2.18. The predicted octanol–water partition coefficient (Wildman–Crippen LogP) is 12.4. The lowest BCUT2D eigenvalue weighted by atomic mass is 9.84. The first-order chi connectivity index (χ1) is 20.0. The number of fused-ring (bicyclic) bond motifs is 6. The molecule has 7 rings (SSSR count). The third-order valence-corrected chi connectivity index (χ3v) is 8.45. The van der Waals surface area contributed by atoms with Crippen LogP contribution in [0, 0.1) is 62.8 Å². The van der Waals surface area contributed by atoms with Crippen LogP contribution in [0.3, 0.4) is 0 Å². The van der Waals surface area contributed by atoms with E-state index in [1.807, 2.05) is 0 Å². The quantitative estimate of drug-likeness (QED) is 0.164. The van der Waals surface area contributed by atoms with Crippen LogP contribution in [0.15, 0.2) is 57.4 Å². The molecule has 0 radical (unpaired) electrons. The van der Waals surface area contributed by atoms with Crippen LogP contribution in [0.5, 0.6) is 0 Å². The van der Waals surface area contributed by atoms with Crippen molar-refractivity contribution < 1.29 is 26.4 Å². The van der Waals surface area contributed by atoms with Crippen molar-refractivity contribution in [1.29, 1.82) is 0 Å². The van der Waals surface area contributed by atoms with Gasteiger partial charge in [-0.25, -0.2) is 17.6 Å². The van der Waals surface area contributed by atoms with Crippen molar-refractivity contribution >= 4 is 43.9 Å². The second-order valence-corrected chi connectivity index (χ2v) is 11.9. The van der Waals surface area contributed by atoms with Gasteiger partial charge >= 0.3 is 0 Å². The van der Waals surface area contributed by atoms with Crippen LogP contribution in [0.25, 0.3) is 43.9 Å². The van der Waals surface area contributed by atoms with Gasteiger partial charge in [-0.05, 0) is 61.8 Å². The minimum absolute atomic E-state index is 0. The predicted molar refractivity (Wildman–Crippen MR) is 170 cm³/mol. The summed E-state index contributed by atoms with van der Waals surface area (Å²) in [5.41, 5.74) is 2.49. The summed E-state index contributed by atoms with van der Waals surface area (Å²) in [6.45, 7) is 11.4. The number of hydrogen-bond donors (Lipinski definition) is 0. The fourth-order valence-corrected chi connectivity index (χ4v) is 5.50. The van der Waals surface area contributed by atoms with Crippen molar-refractivity contribution in [2.24, 2.45) is 11.8 Å². The molecule has 1 aliphatic rings. The summed E-state index contributed by atoms with van der Waals surface area (Å²) < 4.78 is 66.1. The number of furan rings is 2. The van der Waals surface area contributed by atoms with Gasteiger partial charge in [0, 0.05) is 21.5 Å². The van der Waals surface area contributed by atoms with Gasteiger partial charge in [0.15, 0.2) is 45.6 Å². The van der Waals surface area contributed by atoms with Crippen LogP contribution in [-0.4, -0.2) is 0 Å². The van der Waals surface area contributed by atoms with Gasteiger partial charge in [0.2, 0.25) is 0 Å². The summed E-state index contributed by atoms with van der Waals surface area (Å²) in [6.07, 6.45) is 5.89. The standard InChI is InChI=1S/2C14H10F2O.C8H16.CH4/c2*1-7-3-5-9-10-6-4-8(2)12(16)14(10)17-13(9)11(7)15;1-7-3-5-8(2)6-4-7;/h2*3-6H,1-2H3;7-8H,3-6H2,1-2H3;1H4. The van der Waals surface area contributed by atoms with E-state index in [0.29, 0.717) is 43.8 Å². The first-order valence-electron chi connectivity index (χ1n) is 14.5. The number of benzene rings is 4. The molecule has 1 fully saturated rings. The molecule has 2 heterocycles. The number of aryl methyl sites for hydroxylation is 4. The second kappa shape index (κ2) is 12.8. The third kappa shape index (κ3) is 6.15. The third-order valence-electron chi connectivity index (χ3n) is 8.45. The van der Waals surface area contributed by atoms with Gasteiger partial charge in [-0.15, -0.1) is 0 Å². The highest BCUT2D eigenvalue weighted by atomic mass is 19.1. The Hall–Kier alpha value is -3.80. The van der Waals surface area contributed by atoms with E-state index in [1.54, 1.807) is 76.2 Å². The average Bonchev–Trinajstić information content (AvgIpc) is 3.55. The molecule has 0 saturated heterocycles. The lowest BCUT2D eigenvalue weighted by Crippen LogP contribution is -2.08. The number of rotatable bonds is 0. The van der Waals surface area contributed by atoms with Crippen molar-refractivity contribution in [3.05, 3.63) is 94.1 Å². The van der Waals surface area contributed by atoms with Crippen LogP contribution < -0.4 is 0 Å². The summed E-state index contributed by atoms with van der Waals surface area (Å²) in [5.74, 6) is 0.357. The molecule has 0 atom stereocenters. The number of hydrogen-bond acceptors (Lipinski definition) is 2. The summed E-state index contributed by atoms with van der Waals surface area (Å²) >= 11 is 0. The first kappa shape index (κ1) is 32.1. The number of halogens is 4. The van der Waals surface area contributed by atoms with E-state index in [-0.39, 0.29) is 29.8 Å². The Morgan fingerprint density at radius 1 is 0.442 bits per heavy atom. The summed E-state index contributed by atoms with van der Waals surface area (Å²) in [5, 5.41) is 2.45. The molecule has 2 aromatic heterocycles. The normalized spacial score (nSPS) is 16.5. The molecule has 0 unspecified atom stereocenters. The van der Waals surface area contributed by atoms with Crippen molar-refractivity contribution in [3.63, 3.8) is 0 Å². The Labute approximate surface area is 250 Å². The Balaban J connectivity index is 0.000000155. The van der Waals surface area contributed by atoms with Gasteiger partial charge in [-0.1, -0.05) is 95.5 Å². The molecule has 0 bridgehead atoms. The monoisotopic (exact) mass is 592 g/mol. The molecule has 43 heavy (non-hydrogen) atoms. The van der Waals surface area contributed by atoms with Gasteiger partial charge in [0.25, 0.3) is 0 Å². The van der Waals surface area contributed by atoms with Gasteiger partial charge in [-0.3, -0.25) is 0 Å². The van der Waals surface area contributed by atoms with Crippen LogP contribution >= 0.6 is 0 Å². The lowest BCUT2D eigenvalue weighted by Gasteiger charge is -2.22. The molecule has 6 aromatic rings. The zero-order valence-electron chi connectivity index (χ0n) is 24.9. The van der Waals surface area contributed by atoms with E-state index in [0.717, 1.165) is 11.8 Å². The molecule has 4 aromatic carbocycles. The van der Waals surface area contributed by atoms with Crippen LogP contribution in [0.1, 0.15) is 69.2 Å². The van der Waals surface area contributed by atoms with Crippen molar-refractivity contribution in [2.45, 2.75) is 74.7 Å². The summed E-state index contributed by atoms with van der Waals surface area (Å²) in [6, 6.07) is 13.7. The zero-order chi connectivity index (χ0) is 30.3. The Bertz CT molecular complexity index is 1640. The van der Waals surface area contributed by atoms with E-state index in [2.05, 4.69) is 13.8 Å².